The lowest BCUT2D eigenvalue weighted by Crippen LogP contribution is -2.60. The fourth-order valence-electron chi connectivity index (χ4n) is 6.24. The van der Waals surface area contributed by atoms with E-state index in [0.717, 1.165) is 57.8 Å². The van der Waals surface area contributed by atoms with Crippen LogP contribution in [0, 0.1) is 0 Å². The van der Waals surface area contributed by atoms with Crippen molar-refractivity contribution in [1.82, 2.24) is 0 Å². The zero-order valence-electron chi connectivity index (χ0n) is 33.3. The summed E-state index contributed by atoms with van der Waals surface area (Å²) < 4.78 is 53.8. The Morgan fingerprint density at radius 3 is 1.67 bits per heavy atom. The van der Waals surface area contributed by atoms with E-state index in [-0.39, 0.29) is 19.4 Å². The van der Waals surface area contributed by atoms with Gasteiger partial charge in [0.15, 0.2) is 12.4 Å². The third kappa shape index (κ3) is 26.9. The number of carbonyl (C=O) groups excluding carboxylic acids is 2. The van der Waals surface area contributed by atoms with Gasteiger partial charge in [0.2, 0.25) is 0 Å². The molecule has 0 aromatic rings. The van der Waals surface area contributed by atoms with Crippen molar-refractivity contribution < 1.29 is 56.8 Å². The third-order valence-electron chi connectivity index (χ3n) is 9.53. The first kappa shape index (κ1) is 50.1. The highest BCUT2D eigenvalue weighted by atomic mass is 32.2. The summed E-state index contributed by atoms with van der Waals surface area (Å²) in [6, 6.07) is 0. The molecule has 1 heterocycles. The Labute approximate surface area is 326 Å². The van der Waals surface area contributed by atoms with Gasteiger partial charge in [0.25, 0.3) is 10.1 Å². The standard InChI is InChI=1S/C41H74O12S/c1-3-5-7-9-11-13-14-15-16-17-18-19-20-22-24-26-28-30-37(43)52-34(31-50-36(42)29-27-25-23-21-12-10-8-6-4-2)32-51-41-40(46)39(45)38(44)35(53-41)33-54(47,48)49/h11,13,15-16,34-35,38-41,44-46H,3-10,12,14,17-33H2,1-2H3,(H,47,48,49)/b13-11+,16-15+/t34-,35-,38-,39?,40?,41+/m1/s1. The van der Waals surface area contributed by atoms with E-state index in [2.05, 4.69) is 38.2 Å². The van der Waals surface area contributed by atoms with Crippen molar-refractivity contribution in [1.29, 1.82) is 0 Å². The second kappa shape index (κ2) is 32.2. The SMILES string of the molecule is CCCCC/C=C/C/C=C/CCCCCCCCCC(=O)O[C@H](COC(=O)CCCCCCCCCCC)CO[C@H]1O[C@H](CS(=O)(=O)O)[C@@H](O)C(O)C1O. The van der Waals surface area contributed by atoms with Gasteiger partial charge in [-0.3, -0.25) is 14.1 Å². The molecule has 316 valence electrons. The zero-order chi connectivity index (χ0) is 39.9. The van der Waals surface area contributed by atoms with Crippen molar-refractivity contribution >= 4 is 22.1 Å². The van der Waals surface area contributed by atoms with Crippen LogP contribution < -0.4 is 0 Å². The van der Waals surface area contributed by atoms with E-state index < -0.39 is 71.2 Å². The smallest absolute Gasteiger partial charge is 0.306 e. The molecule has 0 spiro atoms. The molecule has 1 aliphatic heterocycles. The van der Waals surface area contributed by atoms with Gasteiger partial charge in [0.05, 0.1) is 6.61 Å². The highest BCUT2D eigenvalue weighted by Crippen LogP contribution is 2.24. The Bertz CT molecular complexity index is 1110. The van der Waals surface area contributed by atoms with Gasteiger partial charge in [-0.25, -0.2) is 0 Å². The van der Waals surface area contributed by atoms with Crippen molar-refractivity contribution in [3.63, 3.8) is 0 Å². The topological polar surface area (TPSA) is 186 Å². The molecule has 0 aromatic heterocycles. The number of rotatable bonds is 34. The molecule has 0 aromatic carbocycles. The number of esters is 2. The third-order valence-corrected chi connectivity index (χ3v) is 10.3. The first-order valence-corrected chi connectivity index (χ1v) is 22.5. The summed E-state index contributed by atoms with van der Waals surface area (Å²) in [5.74, 6) is -1.99. The Hall–Kier alpha value is -1.87. The quantitative estimate of drug-likeness (QED) is 0.0216. The van der Waals surface area contributed by atoms with Crippen LogP contribution in [0.1, 0.15) is 168 Å². The molecule has 0 aliphatic carbocycles. The molecule has 4 N–H and O–H groups in total. The fourth-order valence-corrected chi connectivity index (χ4v) is 6.93. The minimum atomic E-state index is -4.60. The number of unbranched alkanes of at least 4 members (excludes halogenated alkanes) is 18. The average molecular weight is 791 g/mol. The van der Waals surface area contributed by atoms with E-state index in [1.165, 1.54) is 70.6 Å². The summed E-state index contributed by atoms with van der Waals surface area (Å²) in [4.78, 5) is 25.2. The summed E-state index contributed by atoms with van der Waals surface area (Å²) in [6.45, 7) is 3.69. The van der Waals surface area contributed by atoms with Crippen molar-refractivity contribution in [3.05, 3.63) is 24.3 Å². The Balaban J connectivity index is 2.47. The second-order valence-corrected chi connectivity index (χ2v) is 16.2. The van der Waals surface area contributed by atoms with Crippen LogP contribution in [-0.2, 0) is 38.7 Å². The van der Waals surface area contributed by atoms with Gasteiger partial charge in [-0.2, -0.15) is 8.42 Å². The van der Waals surface area contributed by atoms with Crippen molar-refractivity contribution in [2.45, 2.75) is 205 Å². The summed E-state index contributed by atoms with van der Waals surface area (Å²) >= 11 is 0. The molecule has 54 heavy (non-hydrogen) atoms. The second-order valence-electron chi connectivity index (χ2n) is 14.7. The number of allylic oxidation sites excluding steroid dienone is 4. The van der Waals surface area contributed by atoms with Gasteiger partial charge < -0.3 is 34.3 Å². The molecule has 1 saturated heterocycles. The normalized spacial score (nSPS) is 21.2. The number of aliphatic hydroxyl groups excluding tert-OH is 3. The average Bonchev–Trinajstić information content (AvgIpc) is 3.13. The largest absolute Gasteiger partial charge is 0.462 e. The van der Waals surface area contributed by atoms with E-state index in [1.807, 2.05) is 0 Å². The first-order valence-electron chi connectivity index (χ1n) is 20.9. The van der Waals surface area contributed by atoms with Gasteiger partial charge >= 0.3 is 11.9 Å². The number of carbonyl (C=O) groups is 2. The number of hydrogen-bond donors (Lipinski definition) is 4. The molecular weight excluding hydrogens is 717 g/mol. The van der Waals surface area contributed by atoms with Crippen LogP contribution in [0.5, 0.6) is 0 Å². The molecule has 0 amide bonds. The van der Waals surface area contributed by atoms with E-state index in [1.54, 1.807) is 0 Å². The number of ether oxygens (including phenoxy) is 4. The van der Waals surface area contributed by atoms with E-state index in [4.69, 9.17) is 18.9 Å². The predicted octanol–water partition coefficient (Wildman–Crippen LogP) is 7.67. The lowest BCUT2D eigenvalue weighted by Gasteiger charge is -2.40. The molecule has 6 atom stereocenters. The highest BCUT2D eigenvalue weighted by Gasteiger charge is 2.46. The van der Waals surface area contributed by atoms with E-state index in [9.17, 15) is 37.9 Å². The monoisotopic (exact) mass is 790 g/mol. The molecule has 1 aliphatic rings. The molecule has 2 unspecified atom stereocenters. The zero-order valence-corrected chi connectivity index (χ0v) is 34.1. The summed E-state index contributed by atoms with van der Waals surface area (Å²) in [6.07, 6.45) is 23.8. The van der Waals surface area contributed by atoms with Crippen LogP contribution in [-0.4, -0.2) is 96.0 Å². The highest BCUT2D eigenvalue weighted by molar-refractivity contribution is 7.85. The van der Waals surface area contributed by atoms with Crippen LogP contribution in [0.4, 0.5) is 0 Å². The van der Waals surface area contributed by atoms with Gasteiger partial charge in [0, 0.05) is 12.8 Å². The van der Waals surface area contributed by atoms with Crippen molar-refractivity contribution in [2.75, 3.05) is 19.0 Å². The van der Waals surface area contributed by atoms with Crippen molar-refractivity contribution in [3.8, 4) is 0 Å². The van der Waals surface area contributed by atoms with E-state index in [0.29, 0.717) is 12.8 Å². The summed E-state index contributed by atoms with van der Waals surface area (Å²) in [7, 11) is -4.60. The van der Waals surface area contributed by atoms with Crippen LogP contribution in [0.2, 0.25) is 0 Å². The minimum Gasteiger partial charge on any atom is -0.462 e. The Morgan fingerprint density at radius 2 is 1.11 bits per heavy atom. The van der Waals surface area contributed by atoms with Crippen LogP contribution in [0.25, 0.3) is 0 Å². The van der Waals surface area contributed by atoms with Crippen molar-refractivity contribution in [2.24, 2.45) is 0 Å². The molecule has 1 fully saturated rings. The maximum absolute atomic E-state index is 12.8. The number of aliphatic hydroxyl groups is 3. The van der Waals surface area contributed by atoms with Gasteiger partial charge in [-0.05, 0) is 44.9 Å². The molecular formula is C41H74O12S. The van der Waals surface area contributed by atoms with Gasteiger partial charge in [-0.1, -0.05) is 134 Å². The van der Waals surface area contributed by atoms with Crippen LogP contribution >= 0.6 is 0 Å². The lowest BCUT2D eigenvalue weighted by atomic mass is 10.00. The minimum absolute atomic E-state index is 0.157. The van der Waals surface area contributed by atoms with Gasteiger partial charge in [-0.15, -0.1) is 0 Å². The van der Waals surface area contributed by atoms with Crippen LogP contribution in [0.3, 0.4) is 0 Å². The molecule has 1 rings (SSSR count). The number of hydrogen-bond acceptors (Lipinski definition) is 11. The maximum atomic E-state index is 12.8. The maximum Gasteiger partial charge on any atom is 0.306 e. The first-order chi connectivity index (χ1) is 26.0. The molecule has 0 saturated carbocycles. The molecule has 13 heteroatoms. The Morgan fingerprint density at radius 1 is 0.630 bits per heavy atom. The molecule has 0 bridgehead atoms. The van der Waals surface area contributed by atoms with Gasteiger partial charge in [0.1, 0.15) is 36.8 Å². The van der Waals surface area contributed by atoms with Crippen LogP contribution in [0.15, 0.2) is 24.3 Å². The molecule has 0 radical (unpaired) electrons. The van der Waals surface area contributed by atoms with E-state index >= 15 is 0 Å². The summed E-state index contributed by atoms with van der Waals surface area (Å²) in [5, 5.41) is 30.8. The lowest BCUT2D eigenvalue weighted by molar-refractivity contribution is -0.297. The summed E-state index contributed by atoms with van der Waals surface area (Å²) in [5.41, 5.74) is 0. The Kier molecular flexibility index (Phi) is 29.9. The molecule has 12 nitrogen and oxygen atoms in total. The fraction of sp³-hybridized carbons (Fsp3) is 0.854. The predicted molar refractivity (Wildman–Crippen MR) is 210 cm³/mol.